The van der Waals surface area contributed by atoms with E-state index >= 15 is 0 Å². The smallest absolute Gasteiger partial charge is 0.462 e. The summed E-state index contributed by atoms with van der Waals surface area (Å²) in [5.41, 5.74) is 0. The van der Waals surface area contributed by atoms with Gasteiger partial charge in [0, 0.05) is 19.3 Å². The van der Waals surface area contributed by atoms with Gasteiger partial charge in [0.2, 0.25) is 0 Å². The topological polar surface area (TPSA) is 155 Å². The van der Waals surface area contributed by atoms with E-state index in [0.29, 0.717) is 19.3 Å². The van der Waals surface area contributed by atoms with Crippen molar-refractivity contribution in [3.63, 3.8) is 0 Å². The molecule has 0 saturated heterocycles. The molecule has 0 amide bonds. The van der Waals surface area contributed by atoms with Crippen molar-refractivity contribution in [1.29, 1.82) is 0 Å². The van der Waals surface area contributed by atoms with Gasteiger partial charge in [-0.1, -0.05) is 201 Å². The van der Waals surface area contributed by atoms with Crippen LogP contribution in [0, 0.1) is 0 Å². The van der Waals surface area contributed by atoms with Crippen molar-refractivity contribution in [1.82, 2.24) is 0 Å². The third-order valence-corrected chi connectivity index (χ3v) is 12.9. The lowest BCUT2D eigenvalue weighted by molar-refractivity contribution is -0.161. The minimum Gasteiger partial charge on any atom is -0.462 e. The Hall–Kier alpha value is -3.60. The van der Waals surface area contributed by atoms with Crippen LogP contribution in [0.2, 0.25) is 0 Å². The molecule has 0 aromatic carbocycles. The van der Waals surface area contributed by atoms with E-state index in [0.717, 1.165) is 96.3 Å². The maximum absolute atomic E-state index is 12.9. The fourth-order valence-electron chi connectivity index (χ4n) is 7.59. The number of hydrogen-bond donors (Lipinski definition) is 2. The van der Waals surface area contributed by atoms with Gasteiger partial charge >= 0.3 is 25.7 Å². The molecule has 3 unspecified atom stereocenters. The van der Waals surface area contributed by atoms with Crippen LogP contribution in [-0.2, 0) is 42.2 Å². The number of aliphatic hydroxyl groups is 1. The van der Waals surface area contributed by atoms with Gasteiger partial charge in [0.05, 0.1) is 19.8 Å². The monoisotopic (exact) mass is 1060 g/mol. The van der Waals surface area contributed by atoms with Crippen molar-refractivity contribution >= 4 is 25.7 Å². The molecule has 0 aromatic rings. The van der Waals surface area contributed by atoms with Crippen molar-refractivity contribution in [2.75, 3.05) is 26.4 Å². The van der Waals surface area contributed by atoms with Crippen molar-refractivity contribution in [2.24, 2.45) is 0 Å². The lowest BCUT2D eigenvalue weighted by Crippen LogP contribution is -2.30. The lowest BCUT2D eigenvalue weighted by atomic mass is 10.1. The second-order valence-corrected chi connectivity index (χ2v) is 20.5. The molecule has 11 nitrogen and oxygen atoms in total. The molecule has 0 fully saturated rings. The Kier molecular flexibility index (Phi) is 52.9. The number of carbonyl (C=O) groups excluding carboxylic acids is 3. The van der Waals surface area contributed by atoms with Gasteiger partial charge in [0.25, 0.3) is 0 Å². The molecule has 0 aromatic heterocycles. The van der Waals surface area contributed by atoms with E-state index in [1.165, 1.54) is 83.5 Å². The molecule has 74 heavy (non-hydrogen) atoms. The third kappa shape index (κ3) is 53.2. The Balaban J connectivity index is 4.79. The van der Waals surface area contributed by atoms with Crippen LogP contribution >= 0.6 is 7.82 Å². The zero-order chi connectivity index (χ0) is 54.1. The van der Waals surface area contributed by atoms with Crippen molar-refractivity contribution in [3.05, 3.63) is 97.2 Å². The van der Waals surface area contributed by atoms with E-state index < -0.39 is 57.8 Å². The largest absolute Gasteiger partial charge is 0.472 e. The summed E-state index contributed by atoms with van der Waals surface area (Å²) in [6.45, 7) is 4.33. The van der Waals surface area contributed by atoms with Crippen LogP contribution in [0.3, 0.4) is 0 Å². The predicted molar refractivity (Wildman–Crippen MR) is 307 cm³/mol. The molecular weight excluding hydrogens is 952 g/mol. The molecule has 0 saturated carbocycles. The summed E-state index contributed by atoms with van der Waals surface area (Å²) in [6.07, 6.45) is 65.2. The highest BCUT2D eigenvalue weighted by atomic mass is 31.2. The summed E-state index contributed by atoms with van der Waals surface area (Å²) in [6, 6.07) is 0. The summed E-state index contributed by atoms with van der Waals surface area (Å²) in [4.78, 5) is 48.5. The van der Waals surface area contributed by atoms with Gasteiger partial charge in [0.15, 0.2) is 6.10 Å². The number of aliphatic hydroxyl groups excluding tert-OH is 1. The number of carbonyl (C=O) groups is 3. The molecule has 0 heterocycles. The average molecular weight is 1060 g/mol. The van der Waals surface area contributed by atoms with E-state index in [4.69, 9.17) is 23.3 Å². The predicted octanol–water partition coefficient (Wildman–Crippen LogP) is 17.3. The van der Waals surface area contributed by atoms with Crippen LogP contribution in [0.5, 0.6) is 0 Å². The van der Waals surface area contributed by atoms with Gasteiger partial charge in [-0.15, -0.1) is 0 Å². The molecule has 424 valence electrons. The highest BCUT2D eigenvalue weighted by Crippen LogP contribution is 2.43. The third-order valence-electron chi connectivity index (χ3n) is 12.0. The quantitative estimate of drug-likeness (QED) is 0.0197. The molecule has 12 heteroatoms. The van der Waals surface area contributed by atoms with E-state index in [2.05, 4.69) is 118 Å². The highest BCUT2D eigenvalue weighted by Gasteiger charge is 2.28. The fourth-order valence-corrected chi connectivity index (χ4v) is 8.37. The van der Waals surface area contributed by atoms with Crippen LogP contribution in [0.15, 0.2) is 97.2 Å². The number of esters is 3. The van der Waals surface area contributed by atoms with Gasteiger partial charge in [-0.05, 0) is 116 Å². The summed E-state index contributed by atoms with van der Waals surface area (Å²) in [5.74, 6) is -1.55. The number of phosphoric acid groups is 1. The Bertz CT molecular complexity index is 1610. The number of hydrogen-bond acceptors (Lipinski definition) is 10. The van der Waals surface area contributed by atoms with Crippen LogP contribution in [0.4, 0.5) is 0 Å². The van der Waals surface area contributed by atoms with Crippen molar-refractivity contribution < 1.29 is 52.2 Å². The van der Waals surface area contributed by atoms with Gasteiger partial charge in [-0.25, -0.2) is 4.57 Å². The Morgan fingerprint density at radius 3 is 1.14 bits per heavy atom. The second kappa shape index (κ2) is 55.6. The minimum absolute atomic E-state index is 0.109. The minimum atomic E-state index is -4.77. The molecule has 0 radical (unpaired) electrons. The summed E-state index contributed by atoms with van der Waals surface area (Å²) >= 11 is 0. The van der Waals surface area contributed by atoms with E-state index in [1.54, 1.807) is 0 Å². The lowest BCUT2D eigenvalue weighted by Gasteiger charge is -2.21. The van der Waals surface area contributed by atoms with Crippen LogP contribution in [-0.4, -0.2) is 66.5 Å². The Labute approximate surface area is 451 Å². The molecule has 2 N–H and O–H groups in total. The first-order valence-corrected chi connectivity index (χ1v) is 30.6. The molecule has 0 spiro atoms. The van der Waals surface area contributed by atoms with E-state index in [-0.39, 0.29) is 25.9 Å². The van der Waals surface area contributed by atoms with Gasteiger partial charge in [-0.2, -0.15) is 0 Å². The first-order valence-electron chi connectivity index (χ1n) is 29.1. The first kappa shape index (κ1) is 70.4. The number of phosphoric ester groups is 1. The number of ether oxygens (including phenoxy) is 3. The maximum Gasteiger partial charge on any atom is 0.472 e. The number of rotatable bonds is 53. The van der Waals surface area contributed by atoms with Crippen molar-refractivity contribution in [3.8, 4) is 0 Å². The maximum atomic E-state index is 12.9. The summed E-state index contributed by atoms with van der Waals surface area (Å²) in [7, 11) is -4.77. The zero-order valence-electron chi connectivity index (χ0n) is 46.8. The van der Waals surface area contributed by atoms with E-state index in [9.17, 15) is 28.9 Å². The van der Waals surface area contributed by atoms with Crippen LogP contribution in [0.25, 0.3) is 0 Å². The molecular formula is C62H105O11P. The Morgan fingerprint density at radius 2 is 0.703 bits per heavy atom. The summed E-state index contributed by atoms with van der Waals surface area (Å²) in [5, 5.41) is 9.80. The molecule has 0 aliphatic carbocycles. The molecule has 0 rings (SSSR count). The second-order valence-electron chi connectivity index (χ2n) is 19.0. The highest BCUT2D eigenvalue weighted by molar-refractivity contribution is 7.47. The van der Waals surface area contributed by atoms with Crippen molar-refractivity contribution in [2.45, 2.75) is 251 Å². The average Bonchev–Trinajstić information content (AvgIpc) is 3.39. The normalized spacial score (nSPS) is 14.1. The molecule has 0 bridgehead atoms. The van der Waals surface area contributed by atoms with Gasteiger partial charge < -0.3 is 24.2 Å². The van der Waals surface area contributed by atoms with E-state index in [1.807, 2.05) is 0 Å². The molecule has 3 atom stereocenters. The molecule has 0 aliphatic rings. The fraction of sp³-hybridized carbons (Fsp3) is 0.694. The van der Waals surface area contributed by atoms with Crippen LogP contribution < -0.4 is 0 Å². The number of unbranched alkanes of at least 4 members (excludes halogenated alkanes) is 20. The molecule has 0 aliphatic heterocycles. The summed E-state index contributed by atoms with van der Waals surface area (Å²) < 4.78 is 39.4. The van der Waals surface area contributed by atoms with Crippen LogP contribution in [0.1, 0.15) is 239 Å². The van der Waals surface area contributed by atoms with Gasteiger partial charge in [-0.3, -0.25) is 23.4 Å². The SMILES string of the molecule is CC/C=C\C/C=C\C/C=C\C/C=C\CCCCC(=O)OC(COC(=O)CCCCCCCCCCC/C=C\CCCCCCCC)COP(=O)(O)OCC(CO)OC(=O)CCCCC/C=C\C/C=C\C/C=C\CC. The zero-order valence-corrected chi connectivity index (χ0v) is 47.7. The van der Waals surface area contributed by atoms with Gasteiger partial charge in [0.1, 0.15) is 12.7 Å². The Morgan fingerprint density at radius 1 is 0.392 bits per heavy atom. The first-order chi connectivity index (χ1) is 36.2. The number of allylic oxidation sites excluding steroid dienone is 16. The standard InChI is InChI=1S/C62H105O11P/c1-4-7-10-13-16-19-22-25-27-28-29-30-32-34-36-39-42-45-48-51-60(64)69-55-59(73-62(66)53-50-47-44-41-38-35-31-26-23-20-17-14-11-8-5-2)57-71-74(67,68)70-56-58(54-63)72-61(65)52-49-46-43-40-37-33-24-21-18-15-12-9-6-3/h8-9,11-12,17-18,20-21,25-27,31,33,37-38,41,58-59,63H,4-7,10,13-16,19,22-24,28-30,32,34-36,39-40,42-57H2,1-3H3,(H,67,68)/b11-8-,12-9-,20-17-,21-18-,27-25-,31-26-,37-33-,41-38-.